The molecule has 0 spiro atoms. The predicted molar refractivity (Wildman–Crippen MR) is 96.9 cm³/mol. The van der Waals surface area contributed by atoms with Crippen LogP contribution in [0.4, 0.5) is 5.69 Å². The fourth-order valence-electron chi connectivity index (χ4n) is 2.90. The standard InChI is InChI=1S/C20H17N3O/c24-20(11-12-23-19-8-4-3-7-17(19)14-21-23)22-18-10-9-15-5-1-2-6-16(15)13-18/h1-10,13-14H,11-12H2,(H,22,24). The Morgan fingerprint density at radius 3 is 2.54 bits per heavy atom. The molecule has 1 N–H and O–H groups in total. The Hall–Kier alpha value is -3.14. The summed E-state index contributed by atoms with van der Waals surface area (Å²) in [7, 11) is 0. The maximum atomic E-state index is 12.2. The fourth-order valence-corrected chi connectivity index (χ4v) is 2.90. The molecule has 0 radical (unpaired) electrons. The van der Waals surface area contributed by atoms with E-state index in [2.05, 4.69) is 16.5 Å². The Kier molecular flexibility index (Phi) is 3.71. The van der Waals surface area contributed by atoms with Gasteiger partial charge in [0, 0.05) is 17.5 Å². The van der Waals surface area contributed by atoms with E-state index in [1.54, 1.807) is 0 Å². The quantitative estimate of drug-likeness (QED) is 0.613. The van der Waals surface area contributed by atoms with Gasteiger partial charge in [-0.25, -0.2) is 0 Å². The molecular weight excluding hydrogens is 298 g/mol. The van der Waals surface area contributed by atoms with E-state index in [4.69, 9.17) is 0 Å². The molecule has 3 aromatic carbocycles. The minimum atomic E-state index is -0.00939. The van der Waals surface area contributed by atoms with Crippen LogP contribution in [-0.2, 0) is 11.3 Å². The molecule has 118 valence electrons. The molecule has 4 rings (SSSR count). The van der Waals surface area contributed by atoms with Crippen molar-refractivity contribution in [3.63, 3.8) is 0 Å². The lowest BCUT2D eigenvalue weighted by molar-refractivity contribution is -0.116. The van der Waals surface area contributed by atoms with Crippen molar-refractivity contribution in [1.82, 2.24) is 9.78 Å². The molecule has 1 amide bonds. The molecule has 0 aliphatic heterocycles. The highest BCUT2D eigenvalue weighted by Gasteiger charge is 2.06. The SMILES string of the molecule is O=C(CCn1ncc2ccccc21)Nc1ccc2ccccc2c1. The third-order valence-electron chi connectivity index (χ3n) is 4.13. The lowest BCUT2D eigenvalue weighted by Gasteiger charge is -2.07. The molecule has 1 aromatic heterocycles. The zero-order chi connectivity index (χ0) is 16.4. The Morgan fingerprint density at radius 2 is 1.67 bits per heavy atom. The third kappa shape index (κ3) is 2.86. The summed E-state index contributed by atoms with van der Waals surface area (Å²) in [5, 5.41) is 10.7. The van der Waals surface area contributed by atoms with Gasteiger partial charge in [0.1, 0.15) is 0 Å². The summed E-state index contributed by atoms with van der Waals surface area (Å²) in [5.41, 5.74) is 1.88. The number of hydrogen-bond acceptors (Lipinski definition) is 2. The van der Waals surface area contributed by atoms with Crippen LogP contribution in [0.2, 0.25) is 0 Å². The third-order valence-corrected chi connectivity index (χ3v) is 4.13. The first-order valence-corrected chi connectivity index (χ1v) is 7.99. The van der Waals surface area contributed by atoms with Crippen LogP contribution in [0.5, 0.6) is 0 Å². The maximum absolute atomic E-state index is 12.2. The van der Waals surface area contributed by atoms with E-state index in [9.17, 15) is 4.79 Å². The Bertz CT molecular complexity index is 1020. The van der Waals surface area contributed by atoms with Crippen LogP contribution in [0, 0.1) is 0 Å². The van der Waals surface area contributed by atoms with Crippen LogP contribution < -0.4 is 5.32 Å². The molecule has 0 bridgehead atoms. The Labute approximate surface area is 139 Å². The minimum Gasteiger partial charge on any atom is -0.326 e. The molecule has 0 aliphatic rings. The van der Waals surface area contributed by atoms with Crippen molar-refractivity contribution in [2.45, 2.75) is 13.0 Å². The molecule has 24 heavy (non-hydrogen) atoms. The van der Waals surface area contributed by atoms with Crippen molar-refractivity contribution in [3.8, 4) is 0 Å². The van der Waals surface area contributed by atoms with Crippen molar-refractivity contribution in [1.29, 1.82) is 0 Å². The molecule has 4 heteroatoms. The number of amides is 1. The van der Waals surface area contributed by atoms with E-state index in [-0.39, 0.29) is 5.91 Å². The summed E-state index contributed by atoms with van der Waals surface area (Å²) in [6.07, 6.45) is 2.22. The summed E-state index contributed by atoms with van der Waals surface area (Å²) in [6, 6.07) is 22.1. The fraction of sp³-hybridized carbons (Fsp3) is 0.100. The molecule has 0 unspecified atom stereocenters. The number of anilines is 1. The molecule has 0 saturated carbocycles. The largest absolute Gasteiger partial charge is 0.326 e. The van der Waals surface area contributed by atoms with E-state index in [0.717, 1.165) is 22.0 Å². The van der Waals surface area contributed by atoms with E-state index < -0.39 is 0 Å². The zero-order valence-electron chi connectivity index (χ0n) is 13.1. The molecule has 0 aliphatic carbocycles. The molecule has 0 atom stereocenters. The zero-order valence-corrected chi connectivity index (χ0v) is 13.1. The number of rotatable bonds is 4. The number of para-hydroxylation sites is 1. The smallest absolute Gasteiger partial charge is 0.226 e. The van der Waals surface area contributed by atoms with Gasteiger partial charge in [-0.15, -0.1) is 0 Å². The lowest BCUT2D eigenvalue weighted by Crippen LogP contribution is -2.14. The highest BCUT2D eigenvalue weighted by Crippen LogP contribution is 2.19. The number of benzene rings is 3. The first-order valence-electron chi connectivity index (χ1n) is 7.99. The lowest BCUT2D eigenvalue weighted by atomic mass is 10.1. The number of nitrogens with zero attached hydrogens (tertiary/aromatic N) is 2. The summed E-state index contributed by atoms with van der Waals surface area (Å²) in [6.45, 7) is 0.562. The highest BCUT2D eigenvalue weighted by molar-refractivity contribution is 5.94. The van der Waals surface area contributed by atoms with Crippen molar-refractivity contribution >= 4 is 33.3 Å². The van der Waals surface area contributed by atoms with Gasteiger partial charge in [-0.2, -0.15) is 5.10 Å². The van der Waals surface area contributed by atoms with Gasteiger partial charge < -0.3 is 5.32 Å². The molecule has 0 saturated heterocycles. The van der Waals surface area contributed by atoms with Gasteiger partial charge in [0.05, 0.1) is 18.3 Å². The van der Waals surface area contributed by atoms with E-state index in [1.807, 2.05) is 71.5 Å². The number of carbonyl (C=O) groups excluding carboxylic acids is 1. The second-order valence-electron chi connectivity index (χ2n) is 5.79. The molecule has 0 fully saturated rings. The first kappa shape index (κ1) is 14.5. The molecule has 4 nitrogen and oxygen atoms in total. The van der Waals surface area contributed by atoms with Crippen molar-refractivity contribution in [2.24, 2.45) is 0 Å². The van der Waals surface area contributed by atoms with Crippen molar-refractivity contribution < 1.29 is 4.79 Å². The van der Waals surface area contributed by atoms with Crippen LogP contribution in [0.1, 0.15) is 6.42 Å². The number of carbonyl (C=O) groups is 1. The highest BCUT2D eigenvalue weighted by atomic mass is 16.1. The summed E-state index contributed by atoms with van der Waals surface area (Å²) < 4.78 is 1.87. The van der Waals surface area contributed by atoms with Crippen LogP contribution in [0.15, 0.2) is 72.9 Å². The number of nitrogens with one attached hydrogen (secondary N) is 1. The monoisotopic (exact) mass is 315 g/mol. The molecular formula is C20H17N3O. The average Bonchev–Trinajstić information content (AvgIpc) is 3.03. The average molecular weight is 315 g/mol. The Morgan fingerprint density at radius 1 is 0.917 bits per heavy atom. The minimum absolute atomic E-state index is 0.00939. The summed E-state index contributed by atoms with van der Waals surface area (Å²) in [5.74, 6) is -0.00939. The van der Waals surface area contributed by atoms with Crippen LogP contribution in [0.3, 0.4) is 0 Å². The number of hydrogen-bond donors (Lipinski definition) is 1. The summed E-state index contributed by atoms with van der Waals surface area (Å²) >= 11 is 0. The van der Waals surface area contributed by atoms with Gasteiger partial charge in [0.15, 0.2) is 0 Å². The van der Waals surface area contributed by atoms with Gasteiger partial charge in [-0.1, -0.05) is 48.5 Å². The first-order chi connectivity index (χ1) is 11.8. The van der Waals surface area contributed by atoms with Crippen LogP contribution in [0.25, 0.3) is 21.7 Å². The number of aryl methyl sites for hydroxylation is 1. The van der Waals surface area contributed by atoms with Gasteiger partial charge >= 0.3 is 0 Å². The van der Waals surface area contributed by atoms with Gasteiger partial charge in [0.2, 0.25) is 5.91 Å². The maximum Gasteiger partial charge on any atom is 0.226 e. The Balaban J connectivity index is 1.44. The topological polar surface area (TPSA) is 46.9 Å². The predicted octanol–water partition coefficient (Wildman–Crippen LogP) is 4.22. The van der Waals surface area contributed by atoms with Gasteiger partial charge in [-0.3, -0.25) is 9.48 Å². The van der Waals surface area contributed by atoms with Gasteiger partial charge in [-0.05, 0) is 29.0 Å². The van der Waals surface area contributed by atoms with Crippen LogP contribution >= 0.6 is 0 Å². The van der Waals surface area contributed by atoms with Crippen molar-refractivity contribution in [3.05, 3.63) is 72.9 Å². The van der Waals surface area contributed by atoms with E-state index in [0.29, 0.717) is 13.0 Å². The van der Waals surface area contributed by atoms with E-state index >= 15 is 0 Å². The van der Waals surface area contributed by atoms with Crippen molar-refractivity contribution in [2.75, 3.05) is 5.32 Å². The normalized spacial score (nSPS) is 11.0. The number of aromatic nitrogens is 2. The molecule has 1 heterocycles. The summed E-state index contributed by atoms with van der Waals surface area (Å²) in [4.78, 5) is 12.2. The second kappa shape index (κ2) is 6.16. The molecule has 4 aromatic rings. The second-order valence-corrected chi connectivity index (χ2v) is 5.79. The van der Waals surface area contributed by atoms with E-state index in [1.165, 1.54) is 5.39 Å². The van der Waals surface area contributed by atoms with Gasteiger partial charge in [0.25, 0.3) is 0 Å². The number of fused-ring (bicyclic) bond motifs is 2. The van der Waals surface area contributed by atoms with Crippen LogP contribution in [-0.4, -0.2) is 15.7 Å².